The lowest BCUT2D eigenvalue weighted by molar-refractivity contribution is 0.300. The Balaban J connectivity index is 1.84. The topological polar surface area (TPSA) is 39.4 Å². The minimum Gasteiger partial charge on any atom is -0.477 e. The zero-order chi connectivity index (χ0) is 13.5. The number of imidazole rings is 1. The number of hydrogen-bond donors (Lipinski definition) is 0. The van der Waals surface area contributed by atoms with Crippen molar-refractivity contribution in [2.45, 2.75) is 19.8 Å². The normalized spacial score (nSPS) is 12.4. The number of hydrogen-bond acceptors (Lipinski definition) is 3. The Morgan fingerprint density at radius 3 is 3.00 bits per heavy atom. The van der Waals surface area contributed by atoms with Crippen molar-refractivity contribution in [3.63, 3.8) is 0 Å². The van der Waals surface area contributed by atoms with Crippen molar-refractivity contribution in [2.24, 2.45) is 0 Å². The Labute approximate surface area is 117 Å². The van der Waals surface area contributed by atoms with E-state index in [1.165, 1.54) is 11.1 Å². The second kappa shape index (κ2) is 4.34. The molecule has 1 aliphatic carbocycles. The third-order valence-corrected chi connectivity index (χ3v) is 3.63. The van der Waals surface area contributed by atoms with Gasteiger partial charge in [0.05, 0.1) is 18.0 Å². The lowest BCUT2D eigenvalue weighted by Crippen LogP contribution is -2.02. The van der Waals surface area contributed by atoms with E-state index < -0.39 is 0 Å². The van der Waals surface area contributed by atoms with Gasteiger partial charge in [-0.1, -0.05) is 31.2 Å². The lowest BCUT2D eigenvalue weighted by Gasteiger charge is -2.04. The molecule has 0 aliphatic heterocycles. The van der Waals surface area contributed by atoms with Gasteiger partial charge in [-0.3, -0.25) is 0 Å². The van der Waals surface area contributed by atoms with Crippen LogP contribution in [0.5, 0.6) is 5.88 Å². The van der Waals surface area contributed by atoms with Crippen molar-refractivity contribution in [2.75, 3.05) is 6.61 Å². The molecule has 0 unspecified atom stereocenters. The average Bonchev–Trinajstić information content (AvgIpc) is 3.01. The lowest BCUT2D eigenvalue weighted by atomic mass is 10.1. The zero-order valence-corrected chi connectivity index (χ0v) is 11.3. The molecule has 1 aromatic carbocycles. The van der Waals surface area contributed by atoms with Crippen LogP contribution in [0, 0.1) is 0 Å². The molecule has 4 nitrogen and oxygen atoms in total. The standard InChI is InChI=1S/C16H15N3O/c1-2-9-20-15-8-7-14-17-16-12-6-4-3-5-11(12)10-13(16)19(14)18-15/h3-8H,2,9-10H2,1H3. The fourth-order valence-electron chi connectivity index (χ4n) is 2.71. The SMILES string of the molecule is CCCOc1ccc2nc3c(n2n1)Cc1ccccc1-3. The van der Waals surface area contributed by atoms with Crippen molar-refractivity contribution in [3.8, 4) is 17.1 Å². The van der Waals surface area contributed by atoms with Crippen LogP contribution in [0.1, 0.15) is 24.6 Å². The molecular weight excluding hydrogens is 250 g/mol. The van der Waals surface area contributed by atoms with Gasteiger partial charge in [0.2, 0.25) is 5.88 Å². The van der Waals surface area contributed by atoms with Crippen LogP contribution in [-0.4, -0.2) is 21.2 Å². The first-order valence-electron chi connectivity index (χ1n) is 6.96. The first kappa shape index (κ1) is 11.5. The fraction of sp³-hybridized carbons (Fsp3) is 0.250. The predicted octanol–water partition coefficient (Wildman–Crippen LogP) is 3.09. The van der Waals surface area contributed by atoms with Gasteiger partial charge >= 0.3 is 0 Å². The molecule has 0 saturated carbocycles. The number of nitrogens with zero attached hydrogens (tertiary/aromatic N) is 3. The second-order valence-corrected chi connectivity index (χ2v) is 5.03. The van der Waals surface area contributed by atoms with E-state index in [0.29, 0.717) is 12.5 Å². The van der Waals surface area contributed by atoms with Crippen LogP contribution in [0.25, 0.3) is 16.9 Å². The minimum absolute atomic E-state index is 0.663. The van der Waals surface area contributed by atoms with E-state index in [1.54, 1.807) is 0 Å². The van der Waals surface area contributed by atoms with Crippen LogP contribution in [-0.2, 0) is 6.42 Å². The largest absolute Gasteiger partial charge is 0.477 e. The Morgan fingerprint density at radius 1 is 1.20 bits per heavy atom. The average molecular weight is 265 g/mol. The van der Waals surface area contributed by atoms with E-state index in [1.807, 2.05) is 16.6 Å². The Kier molecular flexibility index (Phi) is 2.49. The number of ether oxygens (including phenoxy) is 1. The predicted molar refractivity (Wildman–Crippen MR) is 77.0 cm³/mol. The smallest absolute Gasteiger partial charge is 0.231 e. The Bertz CT molecular complexity index is 792. The fourth-order valence-corrected chi connectivity index (χ4v) is 2.71. The molecule has 2 aromatic heterocycles. The van der Waals surface area contributed by atoms with E-state index >= 15 is 0 Å². The van der Waals surface area contributed by atoms with E-state index in [0.717, 1.165) is 29.9 Å². The highest BCUT2D eigenvalue weighted by Gasteiger charge is 2.24. The molecule has 0 fully saturated rings. The summed E-state index contributed by atoms with van der Waals surface area (Å²) in [6.07, 6.45) is 1.87. The maximum Gasteiger partial charge on any atom is 0.231 e. The molecule has 2 heterocycles. The highest BCUT2D eigenvalue weighted by Crippen LogP contribution is 2.36. The Hall–Kier alpha value is -2.36. The van der Waals surface area contributed by atoms with Gasteiger partial charge in [0.25, 0.3) is 0 Å². The van der Waals surface area contributed by atoms with E-state index in [9.17, 15) is 0 Å². The zero-order valence-electron chi connectivity index (χ0n) is 11.3. The van der Waals surface area contributed by atoms with E-state index in [4.69, 9.17) is 9.72 Å². The summed E-state index contributed by atoms with van der Waals surface area (Å²) in [7, 11) is 0. The molecule has 20 heavy (non-hydrogen) atoms. The summed E-state index contributed by atoms with van der Waals surface area (Å²) in [4.78, 5) is 4.70. The van der Waals surface area contributed by atoms with Crippen LogP contribution in [0.15, 0.2) is 36.4 Å². The molecule has 100 valence electrons. The quantitative estimate of drug-likeness (QED) is 0.571. The third-order valence-electron chi connectivity index (χ3n) is 3.63. The summed E-state index contributed by atoms with van der Waals surface area (Å²) >= 11 is 0. The first-order valence-corrected chi connectivity index (χ1v) is 6.96. The molecule has 0 atom stereocenters. The summed E-state index contributed by atoms with van der Waals surface area (Å²) in [5.74, 6) is 0.663. The van der Waals surface area contributed by atoms with Crippen LogP contribution in [0.4, 0.5) is 0 Å². The number of aromatic nitrogens is 3. The van der Waals surface area contributed by atoms with Gasteiger partial charge in [-0.2, -0.15) is 0 Å². The molecule has 0 radical (unpaired) electrons. The van der Waals surface area contributed by atoms with Gasteiger partial charge in [0.1, 0.15) is 0 Å². The van der Waals surface area contributed by atoms with Crippen molar-refractivity contribution in [1.82, 2.24) is 14.6 Å². The van der Waals surface area contributed by atoms with Crippen LogP contribution >= 0.6 is 0 Å². The van der Waals surface area contributed by atoms with Gasteiger partial charge in [0, 0.05) is 18.1 Å². The van der Waals surface area contributed by atoms with Crippen molar-refractivity contribution in [1.29, 1.82) is 0 Å². The number of fused-ring (bicyclic) bond motifs is 5. The van der Waals surface area contributed by atoms with Gasteiger partial charge in [0.15, 0.2) is 5.65 Å². The van der Waals surface area contributed by atoms with E-state index in [2.05, 4.69) is 36.3 Å². The summed E-state index contributed by atoms with van der Waals surface area (Å²) in [5.41, 5.74) is 5.64. The van der Waals surface area contributed by atoms with Gasteiger partial charge in [-0.05, 0) is 18.1 Å². The second-order valence-electron chi connectivity index (χ2n) is 5.03. The molecular formula is C16H15N3O. The molecule has 0 N–H and O–H groups in total. The summed E-state index contributed by atoms with van der Waals surface area (Å²) < 4.78 is 7.53. The third kappa shape index (κ3) is 1.61. The first-order chi connectivity index (χ1) is 9.86. The summed E-state index contributed by atoms with van der Waals surface area (Å²) in [6.45, 7) is 2.78. The number of benzene rings is 1. The van der Waals surface area contributed by atoms with E-state index in [-0.39, 0.29) is 0 Å². The van der Waals surface area contributed by atoms with Gasteiger partial charge < -0.3 is 4.74 Å². The van der Waals surface area contributed by atoms with Crippen LogP contribution in [0.2, 0.25) is 0 Å². The summed E-state index contributed by atoms with van der Waals surface area (Å²) in [5, 5.41) is 4.56. The molecule has 4 rings (SSSR count). The summed E-state index contributed by atoms with van der Waals surface area (Å²) in [6, 6.07) is 12.3. The van der Waals surface area contributed by atoms with Crippen molar-refractivity contribution in [3.05, 3.63) is 47.7 Å². The van der Waals surface area contributed by atoms with Crippen molar-refractivity contribution >= 4 is 5.65 Å². The van der Waals surface area contributed by atoms with Crippen LogP contribution < -0.4 is 4.74 Å². The maximum absolute atomic E-state index is 5.61. The molecule has 0 bridgehead atoms. The van der Waals surface area contributed by atoms with Gasteiger partial charge in [-0.25, -0.2) is 9.50 Å². The molecule has 3 aromatic rings. The molecule has 0 spiro atoms. The van der Waals surface area contributed by atoms with Crippen molar-refractivity contribution < 1.29 is 4.74 Å². The maximum atomic E-state index is 5.61. The molecule has 0 amide bonds. The van der Waals surface area contributed by atoms with Gasteiger partial charge in [-0.15, -0.1) is 5.10 Å². The molecule has 4 heteroatoms. The molecule has 1 aliphatic rings. The molecule has 0 saturated heterocycles. The monoisotopic (exact) mass is 265 g/mol. The number of rotatable bonds is 3. The Morgan fingerprint density at radius 2 is 2.10 bits per heavy atom. The highest BCUT2D eigenvalue weighted by molar-refractivity contribution is 5.75. The highest BCUT2D eigenvalue weighted by atomic mass is 16.5. The van der Waals surface area contributed by atoms with Crippen LogP contribution in [0.3, 0.4) is 0 Å². The minimum atomic E-state index is 0.663.